The fraction of sp³-hybridized carbons (Fsp3) is 0.579. The van der Waals surface area contributed by atoms with E-state index < -0.39 is 0 Å². The van der Waals surface area contributed by atoms with Crippen molar-refractivity contribution in [3.05, 3.63) is 35.4 Å². The minimum absolute atomic E-state index is 0.0622. The maximum Gasteiger partial charge on any atom is 0.251 e. The molecule has 0 saturated heterocycles. The highest BCUT2D eigenvalue weighted by molar-refractivity contribution is 5.94. The third-order valence-corrected chi connectivity index (χ3v) is 3.61. The number of unbranched alkanes of at least 4 members (excludes halogenated alkanes) is 1. The van der Waals surface area contributed by atoms with Crippen LogP contribution in [-0.4, -0.2) is 51.8 Å². The zero-order valence-electron chi connectivity index (χ0n) is 15.7. The number of rotatable bonds is 11. The number of carbonyl (C=O) groups excluding carboxylic acids is 1. The molecule has 0 unspecified atom stereocenters. The van der Waals surface area contributed by atoms with Crippen LogP contribution >= 0.6 is 0 Å². The number of hydrogen-bond acceptors (Lipinski definition) is 3. The summed E-state index contributed by atoms with van der Waals surface area (Å²) in [6.45, 7) is 7.85. The van der Waals surface area contributed by atoms with E-state index in [1.807, 2.05) is 31.2 Å². The van der Waals surface area contributed by atoms with Gasteiger partial charge >= 0.3 is 0 Å². The second-order valence-electron chi connectivity index (χ2n) is 5.68. The van der Waals surface area contributed by atoms with Crippen LogP contribution in [0, 0.1) is 0 Å². The standard InChI is InChI=1S/C19H32N4O2/c1-4-6-13-25-14-12-23-19(21-5-2)22-11-10-16-8-7-9-17(15-16)18(24)20-3/h7-9,15H,4-6,10-14H2,1-3H3,(H,20,24)(H2,21,22,23). The summed E-state index contributed by atoms with van der Waals surface area (Å²) in [5.41, 5.74) is 1.80. The number of ether oxygens (including phenoxy) is 1. The number of guanidine groups is 1. The van der Waals surface area contributed by atoms with Crippen LogP contribution in [0.2, 0.25) is 0 Å². The smallest absolute Gasteiger partial charge is 0.251 e. The number of hydrogen-bond donors (Lipinski definition) is 3. The van der Waals surface area contributed by atoms with Crippen molar-refractivity contribution in [1.82, 2.24) is 16.0 Å². The van der Waals surface area contributed by atoms with Crippen molar-refractivity contribution in [2.45, 2.75) is 33.1 Å². The van der Waals surface area contributed by atoms with Crippen molar-refractivity contribution in [2.75, 3.05) is 39.9 Å². The topological polar surface area (TPSA) is 74.8 Å². The summed E-state index contributed by atoms with van der Waals surface area (Å²) < 4.78 is 5.52. The lowest BCUT2D eigenvalue weighted by Gasteiger charge is -2.12. The van der Waals surface area contributed by atoms with Crippen LogP contribution in [0.4, 0.5) is 0 Å². The third kappa shape index (κ3) is 9.10. The van der Waals surface area contributed by atoms with E-state index in [-0.39, 0.29) is 5.91 Å². The van der Waals surface area contributed by atoms with Crippen LogP contribution in [0.1, 0.15) is 42.6 Å². The van der Waals surface area contributed by atoms with Gasteiger partial charge in [0, 0.05) is 32.3 Å². The van der Waals surface area contributed by atoms with Crippen LogP contribution in [0.25, 0.3) is 0 Å². The van der Waals surface area contributed by atoms with Gasteiger partial charge in [-0.25, -0.2) is 0 Å². The number of nitrogens with zero attached hydrogens (tertiary/aromatic N) is 1. The second-order valence-corrected chi connectivity index (χ2v) is 5.68. The van der Waals surface area contributed by atoms with Gasteiger partial charge in [0.05, 0.1) is 13.2 Å². The SMILES string of the molecule is CCCCOCCN=C(NCC)NCCc1cccc(C(=O)NC)c1. The van der Waals surface area contributed by atoms with E-state index in [4.69, 9.17) is 4.74 Å². The maximum absolute atomic E-state index is 11.7. The van der Waals surface area contributed by atoms with Crippen molar-refractivity contribution < 1.29 is 9.53 Å². The molecular weight excluding hydrogens is 316 g/mol. The first kappa shape index (κ1) is 21.0. The molecule has 1 aromatic carbocycles. The zero-order chi connectivity index (χ0) is 18.3. The summed E-state index contributed by atoms with van der Waals surface area (Å²) >= 11 is 0. The molecule has 6 nitrogen and oxygen atoms in total. The highest BCUT2D eigenvalue weighted by Crippen LogP contribution is 2.05. The molecule has 0 heterocycles. The van der Waals surface area contributed by atoms with Crippen molar-refractivity contribution in [2.24, 2.45) is 4.99 Å². The first-order chi connectivity index (χ1) is 12.2. The van der Waals surface area contributed by atoms with Gasteiger partial charge in [-0.1, -0.05) is 25.5 Å². The van der Waals surface area contributed by atoms with E-state index in [1.165, 1.54) is 0 Å². The van der Waals surface area contributed by atoms with Gasteiger partial charge in [-0.05, 0) is 37.5 Å². The van der Waals surface area contributed by atoms with E-state index in [0.29, 0.717) is 18.7 Å². The fourth-order valence-electron chi connectivity index (χ4n) is 2.25. The molecule has 25 heavy (non-hydrogen) atoms. The lowest BCUT2D eigenvalue weighted by molar-refractivity contribution is 0.0963. The molecule has 0 aliphatic carbocycles. The third-order valence-electron chi connectivity index (χ3n) is 3.61. The summed E-state index contributed by atoms with van der Waals surface area (Å²) in [6, 6.07) is 7.68. The van der Waals surface area contributed by atoms with Crippen LogP contribution in [0.5, 0.6) is 0 Å². The molecular formula is C19H32N4O2. The monoisotopic (exact) mass is 348 g/mol. The Balaban J connectivity index is 2.40. The second kappa shape index (κ2) is 13.2. The summed E-state index contributed by atoms with van der Waals surface area (Å²) in [5, 5.41) is 9.19. The Morgan fingerprint density at radius 2 is 2.04 bits per heavy atom. The molecule has 0 saturated carbocycles. The van der Waals surface area contributed by atoms with Crippen molar-refractivity contribution >= 4 is 11.9 Å². The predicted octanol–water partition coefficient (Wildman–Crippen LogP) is 1.96. The molecule has 0 aromatic heterocycles. The summed E-state index contributed by atoms with van der Waals surface area (Å²) in [5.74, 6) is 0.733. The molecule has 0 fully saturated rings. The first-order valence-electron chi connectivity index (χ1n) is 9.12. The average molecular weight is 348 g/mol. The Labute approximate surface area is 151 Å². The largest absolute Gasteiger partial charge is 0.380 e. The summed E-state index contributed by atoms with van der Waals surface area (Å²) in [6.07, 6.45) is 3.06. The Morgan fingerprint density at radius 1 is 1.20 bits per heavy atom. The first-order valence-corrected chi connectivity index (χ1v) is 9.12. The van der Waals surface area contributed by atoms with Crippen molar-refractivity contribution in [3.8, 4) is 0 Å². The zero-order valence-corrected chi connectivity index (χ0v) is 15.7. The molecule has 1 amide bonds. The molecule has 0 spiro atoms. The number of amides is 1. The van der Waals surface area contributed by atoms with Crippen LogP contribution in [0.15, 0.2) is 29.3 Å². The normalized spacial score (nSPS) is 11.2. The molecule has 140 valence electrons. The van der Waals surface area contributed by atoms with Gasteiger partial charge in [0.2, 0.25) is 0 Å². The van der Waals surface area contributed by atoms with Gasteiger partial charge in [0.25, 0.3) is 5.91 Å². The number of aliphatic imine (C=N–C) groups is 1. The lowest BCUT2D eigenvalue weighted by Crippen LogP contribution is -2.38. The lowest BCUT2D eigenvalue weighted by atomic mass is 10.1. The Bertz CT molecular complexity index is 532. The van der Waals surface area contributed by atoms with E-state index in [2.05, 4.69) is 27.9 Å². The minimum atomic E-state index is -0.0622. The van der Waals surface area contributed by atoms with Gasteiger partial charge in [-0.3, -0.25) is 9.79 Å². The Hall–Kier alpha value is -2.08. The maximum atomic E-state index is 11.7. The van der Waals surface area contributed by atoms with E-state index >= 15 is 0 Å². The minimum Gasteiger partial charge on any atom is -0.380 e. The highest BCUT2D eigenvalue weighted by atomic mass is 16.5. The molecule has 0 aliphatic heterocycles. The van der Waals surface area contributed by atoms with Gasteiger partial charge in [-0.2, -0.15) is 0 Å². The molecule has 0 radical (unpaired) electrons. The fourth-order valence-corrected chi connectivity index (χ4v) is 2.25. The number of benzene rings is 1. The molecule has 6 heteroatoms. The van der Waals surface area contributed by atoms with E-state index in [9.17, 15) is 4.79 Å². The molecule has 1 rings (SSSR count). The number of nitrogens with one attached hydrogen (secondary N) is 3. The van der Waals surface area contributed by atoms with E-state index in [1.54, 1.807) is 7.05 Å². The molecule has 0 aliphatic rings. The van der Waals surface area contributed by atoms with E-state index in [0.717, 1.165) is 50.5 Å². The molecule has 3 N–H and O–H groups in total. The molecule has 0 bridgehead atoms. The highest BCUT2D eigenvalue weighted by Gasteiger charge is 2.04. The van der Waals surface area contributed by atoms with Crippen LogP contribution in [0.3, 0.4) is 0 Å². The summed E-state index contributed by atoms with van der Waals surface area (Å²) in [7, 11) is 1.64. The van der Waals surface area contributed by atoms with Crippen LogP contribution < -0.4 is 16.0 Å². The molecule has 1 aromatic rings. The average Bonchev–Trinajstić information content (AvgIpc) is 2.64. The molecule has 0 atom stereocenters. The van der Waals surface area contributed by atoms with Gasteiger partial charge in [0.1, 0.15) is 0 Å². The van der Waals surface area contributed by atoms with Crippen LogP contribution in [-0.2, 0) is 11.2 Å². The number of carbonyl (C=O) groups is 1. The Morgan fingerprint density at radius 3 is 2.76 bits per heavy atom. The van der Waals surface area contributed by atoms with Crippen molar-refractivity contribution in [1.29, 1.82) is 0 Å². The van der Waals surface area contributed by atoms with Crippen molar-refractivity contribution in [3.63, 3.8) is 0 Å². The van der Waals surface area contributed by atoms with Gasteiger partial charge in [-0.15, -0.1) is 0 Å². The predicted molar refractivity (Wildman–Crippen MR) is 103 cm³/mol. The van der Waals surface area contributed by atoms with Gasteiger partial charge < -0.3 is 20.7 Å². The quantitative estimate of drug-likeness (QED) is 0.325. The van der Waals surface area contributed by atoms with Gasteiger partial charge in [0.15, 0.2) is 5.96 Å². The summed E-state index contributed by atoms with van der Waals surface area (Å²) in [4.78, 5) is 16.2. The Kier molecular flexibility index (Phi) is 11.1.